The lowest BCUT2D eigenvalue weighted by atomic mass is 9.92. The van der Waals surface area contributed by atoms with Crippen LogP contribution >= 0.6 is 0 Å². The number of rotatable bonds is 7. The van der Waals surface area contributed by atoms with Crippen LogP contribution in [0.2, 0.25) is 0 Å². The molecular weight excluding hydrogens is 288 g/mol. The highest BCUT2D eigenvalue weighted by Crippen LogP contribution is 2.21. The summed E-state index contributed by atoms with van der Waals surface area (Å²) in [5.74, 6) is 1.50. The lowest BCUT2D eigenvalue weighted by Gasteiger charge is -2.41. The first-order valence-electron chi connectivity index (χ1n) is 8.80. The molecule has 0 saturated carbocycles. The van der Waals surface area contributed by atoms with Crippen LogP contribution in [0.5, 0.6) is 5.75 Å². The lowest BCUT2D eigenvalue weighted by Crippen LogP contribution is -2.50. The zero-order valence-corrected chi connectivity index (χ0v) is 15.0. The highest BCUT2D eigenvalue weighted by Gasteiger charge is 2.29. The second-order valence-corrected chi connectivity index (χ2v) is 6.90. The maximum Gasteiger partial charge on any atom is 0.122 e. The van der Waals surface area contributed by atoms with Gasteiger partial charge < -0.3 is 19.6 Å². The van der Waals surface area contributed by atoms with E-state index in [1.165, 1.54) is 6.42 Å². The molecule has 1 aliphatic rings. The van der Waals surface area contributed by atoms with Gasteiger partial charge in [-0.1, -0.05) is 32.0 Å². The van der Waals surface area contributed by atoms with Gasteiger partial charge in [0.15, 0.2) is 0 Å². The van der Waals surface area contributed by atoms with E-state index < -0.39 is 6.10 Å². The molecule has 0 aromatic heterocycles. The molecule has 4 nitrogen and oxygen atoms in total. The first-order valence-corrected chi connectivity index (χ1v) is 8.80. The lowest BCUT2D eigenvalue weighted by molar-refractivity contribution is 0.0290. The normalized spacial score (nSPS) is 23.9. The van der Waals surface area contributed by atoms with E-state index in [0.29, 0.717) is 25.1 Å². The van der Waals surface area contributed by atoms with Crippen molar-refractivity contribution >= 4 is 0 Å². The minimum atomic E-state index is -0.462. The van der Waals surface area contributed by atoms with Gasteiger partial charge in [0.25, 0.3) is 0 Å². The Balaban J connectivity index is 1.78. The fraction of sp³-hybridized carbons (Fsp3) is 0.684. The molecular formula is C19H32N2O2. The number of aliphatic hydroxyl groups is 1. The number of nitrogens with zero attached hydrogens (tertiary/aromatic N) is 2. The van der Waals surface area contributed by atoms with E-state index in [0.717, 1.165) is 30.9 Å². The number of hydrogen-bond donors (Lipinski definition) is 1. The molecule has 4 heteroatoms. The number of hydrogen-bond acceptors (Lipinski definition) is 4. The maximum absolute atomic E-state index is 10.3. The van der Waals surface area contributed by atoms with Gasteiger partial charge >= 0.3 is 0 Å². The molecule has 1 aromatic carbocycles. The molecule has 1 fully saturated rings. The summed E-state index contributed by atoms with van der Waals surface area (Å²) in [7, 11) is 2.12. The molecule has 3 atom stereocenters. The van der Waals surface area contributed by atoms with Crippen LogP contribution in [0.3, 0.4) is 0 Å². The molecule has 1 saturated heterocycles. The Bertz CT molecular complexity index is 480. The van der Waals surface area contributed by atoms with Crippen molar-refractivity contribution in [3.8, 4) is 5.75 Å². The largest absolute Gasteiger partial charge is 0.491 e. The smallest absolute Gasteiger partial charge is 0.122 e. The Hall–Kier alpha value is -1.10. The third-order valence-electron chi connectivity index (χ3n) is 4.98. The summed E-state index contributed by atoms with van der Waals surface area (Å²) in [6, 6.07) is 8.48. The number of benzene rings is 1. The quantitative estimate of drug-likeness (QED) is 0.837. The van der Waals surface area contributed by atoms with E-state index in [2.05, 4.69) is 30.7 Å². The van der Waals surface area contributed by atoms with Crippen molar-refractivity contribution < 1.29 is 9.84 Å². The van der Waals surface area contributed by atoms with E-state index in [-0.39, 0.29) is 0 Å². The molecule has 0 spiro atoms. The van der Waals surface area contributed by atoms with E-state index in [4.69, 9.17) is 4.74 Å². The fourth-order valence-corrected chi connectivity index (χ4v) is 3.59. The number of ether oxygens (including phenoxy) is 1. The van der Waals surface area contributed by atoms with Crippen LogP contribution in [0.15, 0.2) is 24.3 Å². The molecule has 23 heavy (non-hydrogen) atoms. The van der Waals surface area contributed by atoms with Crippen LogP contribution < -0.4 is 4.74 Å². The third kappa shape index (κ3) is 5.20. The average Bonchev–Trinajstić information content (AvgIpc) is 2.53. The molecule has 1 aromatic rings. The fourth-order valence-electron chi connectivity index (χ4n) is 3.59. The van der Waals surface area contributed by atoms with Crippen LogP contribution in [0.25, 0.3) is 0 Å². The van der Waals surface area contributed by atoms with E-state index in [1.54, 1.807) is 0 Å². The van der Waals surface area contributed by atoms with Crippen molar-refractivity contribution in [2.45, 2.75) is 39.3 Å². The highest BCUT2D eigenvalue weighted by atomic mass is 16.5. The summed E-state index contributed by atoms with van der Waals surface area (Å²) < 4.78 is 5.76. The van der Waals surface area contributed by atoms with Crippen LogP contribution in [-0.2, 0) is 0 Å². The molecule has 1 N–H and O–H groups in total. The van der Waals surface area contributed by atoms with E-state index in [9.17, 15) is 5.11 Å². The molecule has 2 rings (SSSR count). The van der Waals surface area contributed by atoms with Gasteiger partial charge in [-0.15, -0.1) is 0 Å². The zero-order chi connectivity index (χ0) is 16.8. The summed E-state index contributed by atoms with van der Waals surface area (Å²) in [6.07, 6.45) is 0.715. The molecule has 3 unspecified atom stereocenters. The van der Waals surface area contributed by atoms with Crippen molar-refractivity contribution in [2.75, 3.05) is 39.8 Å². The Morgan fingerprint density at radius 1 is 1.39 bits per heavy atom. The Labute approximate surface area is 141 Å². The summed E-state index contributed by atoms with van der Waals surface area (Å²) in [5, 5.41) is 10.3. The first-order chi connectivity index (χ1) is 11.0. The van der Waals surface area contributed by atoms with Gasteiger partial charge in [-0.25, -0.2) is 0 Å². The molecule has 0 radical (unpaired) electrons. The molecule has 1 aliphatic heterocycles. The number of piperidine rings is 1. The van der Waals surface area contributed by atoms with Gasteiger partial charge in [0.2, 0.25) is 0 Å². The predicted octanol–water partition coefficient (Wildman–Crippen LogP) is 2.40. The van der Waals surface area contributed by atoms with Crippen LogP contribution in [0.1, 0.15) is 25.8 Å². The van der Waals surface area contributed by atoms with Crippen LogP contribution in [0.4, 0.5) is 0 Å². The monoisotopic (exact) mass is 320 g/mol. The Morgan fingerprint density at radius 2 is 2.13 bits per heavy atom. The number of likely N-dealkylation sites (tertiary alicyclic amines) is 1. The van der Waals surface area contributed by atoms with Crippen molar-refractivity contribution in [1.29, 1.82) is 0 Å². The van der Waals surface area contributed by atoms with Gasteiger partial charge in [-0.2, -0.15) is 0 Å². The number of aryl methyl sites for hydroxylation is 1. The number of aliphatic hydroxyl groups excluding tert-OH is 1. The summed E-state index contributed by atoms with van der Waals surface area (Å²) >= 11 is 0. The summed E-state index contributed by atoms with van der Waals surface area (Å²) in [6.45, 7) is 11.0. The molecule has 130 valence electrons. The van der Waals surface area contributed by atoms with Crippen LogP contribution in [0, 0.1) is 12.8 Å². The zero-order valence-electron chi connectivity index (χ0n) is 15.0. The first kappa shape index (κ1) is 18.2. The van der Waals surface area contributed by atoms with Gasteiger partial charge in [-0.3, -0.25) is 0 Å². The van der Waals surface area contributed by atoms with E-state index >= 15 is 0 Å². The second-order valence-electron chi connectivity index (χ2n) is 6.90. The number of para-hydroxylation sites is 1. The predicted molar refractivity (Wildman–Crippen MR) is 95.0 cm³/mol. The van der Waals surface area contributed by atoms with Gasteiger partial charge in [0.05, 0.1) is 0 Å². The van der Waals surface area contributed by atoms with E-state index in [1.807, 2.05) is 31.2 Å². The van der Waals surface area contributed by atoms with Gasteiger partial charge in [0.1, 0.15) is 18.5 Å². The maximum atomic E-state index is 10.3. The van der Waals surface area contributed by atoms with Crippen LogP contribution in [-0.4, -0.2) is 66.9 Å². The summed E-state index contributed by atoms with van der Waals surface area (Å²) in [4.78, 5) is 4.82. The molecule has 1 heterocycles. The van der Waals surface area contributed by atoms with Crippen molar-refractivity contribution in [1.82, 2.24) is 9.80 Å². The summed E-state index contributed by atoms with van der Waals surface area (Å²) in [5.41, 5.74) is 1.11. The minimum Gasteiger partial charge on any atom is -0.491 e. The molecule has 0 bridgehead atoms. The Morgan fingerprint density at radius 3 is 2.78 bits per heavy atom. The molecule has 0 aliphatic carbocycles. The standard InChI is InChI=1S/C19H32N2O2/c1-5-21-11-10-18(16(3)12-21)20(4)13-17(22)14-23-19-9-7-6-8-15(19)2/h6-9,16-18,22H,5,10-14H2,1-4H3. The third-order valence-corrected chi connectivity index (χ3v) is 4.98. The van der Waals surface area contributed by atoms with Gasteiger partial charge in [-0.05, 0) is 51.0 Å². The Kier molecular flexibility index (Phi) is 6.88. The minimum absolute atomic E-state index is 0.345. The van der Waals surface area contributed by atoms with Crippen molar-refractivity contribution in [3.05, 3.63) is 29.8 Å². The second kappa shape index (κ2) is 8.67. The molecule has 0 amide bonds. The topological polar surface area (TPSA) is 35.9 Å². The van der Waals surface area contributed by atoms with Crippen molar-refractivity contribution in [2.24, 2.45) is 5.92 Å². The average molecular weight is 320 g/mol. The SMILES string of the molecule is CCN1CCC(N(C)CC(O)COc2ccccc2C)C(C)C1. The van der Waals surface area contributed by atoms with Gasteiger partial charge in [0, 0.05) is 19.1 Å². The highest BCUT2D eigenvalue weighted by molar-refractivity contribution is 5.31. The van der Waals surface area contributed by atoms with Crippen molar-refractivity contribution in [3.63, 3.8) is 0 Å². The number of likely N-dealkylation sites (N-methyl/N-ethyl adjacent to an activating group) is 1.